The van der Waals surface area contributed by atoms with Gasteiger partial charge < -0.3 is 25.4 Å². The van der Waals surface area contributed by atoms with E-state index in [1.54, 1.807) is 0 Å². The summed E-state index contributed by atoms with van der Waals surface area (Å²) in [6.07, 6.45) is 0. The highest BCUT2D eigenvalue weighted by Gasteiger charge is 2.27. The minimum Gasteiger partial charge on any atom is -0.508 e. The Balaban J connectivity index is 2.37. The first kappa shape index (κ1) is 16.1. The Hall–Kier alpha value is -3.74. The van der Waals surface area contributed by atoms with Gasteiger partial charge in [0.05, 0.1) is 0 Å². The molecule has 0 unspecified atom stereocenters. The average Bonchev–Trinajstić information content (AvgIpc) is 2.97. The minimum atomic E-state index is -1.31. The van der Waals surface area contributed by atoms with Crippen LogP contribution in [-0.4, -0.2) is 37.3 Å². The molecule has 0 aliphatic heterocycles. The first-order valence-corrected chi connectivity index (χ1v) is 7.20. The fourth-order valence-electron chi connectivity index (χ4n) is 2.65. The van der Waals surface area contributed by atoms with Crippen molar-refractivity contribution in [1.82, 2.24) is 4.98 Å². The molecule has 0 atom stereocenters. The number of rotatable bonds is 4. The van der Waals surface area contributed by atoms with E-state index < -0.39 is 11.9 Å². The molecule has 7 nitrogen and oxygen atoms in total. The van der Waals surface area contributed by atoms with Crippen LogP contribution in [0.5, 0.6) is 11.5 Å². The first-order chi connectivity index (χ1) is 11.9. The van der Waals surface area contributed by atoms with Gasteiger partial charge in [-0.25, -0.2) is 9.59 Å². The van der Waals surface area contributed by atoms with Crippen molar-refractivity contribution in [2.45, 2.75) is 0 Å². The third-order valence-electron chi connectivity index (χ3n) is 3.74. The number of hydrogen-bond donors (Lipinski definition) is 5. The molecule has 5 N–H and O–H groups in total. The van der Waals surface area contributed by atoms with E-state index in [1.165, 1.54) is 48.5 Å². The van der Waals surface area contributed by atoms with Crippen molar-refractivity contribution in [1.29, 1.82) is 0 Å². The fourth-order valence-corrected chi connectivity index (χ4v) is 2.65. The summed E-state index contributed by atoms with van der Waals surface area (Å²) in [6, 6.07) is 11.5. The Morgan fingerprint density at radius 2 is 0.960 bits per heavy atom. The molecule has 0 saturated heterocycles. The molecule has 0 amide bonds. The number of nitrogens with one attached hydrogen (secondary N) is 1. The molecule has 2 aromatic carbocycles. The largest absolute Gasteiger partial charge is 0.508 e. The molecule has 1 aromatic heterocycles. The van der Waals surface area contributed by atoms with Crippen LogP contribution in [0.1, 0.15) is 21.0 Å². The number of hydrogen-bond acceptors (Lipinski definition) is 4. The Morgan fingerprint density at radius 1 is 0.640 bits per heavy atom. The van der Waals surface area contributed by atoms with Gasteiger partial charge in [0.15, 0.2) is 0 Å². The summed E-state index contributed by atoms with van der Waals surface area (Å²) in [5, 5.41) is 37.8. The van der Waals surface area contributed by atoms with Crippen LogP contribution in [0, 0.1) is 0 Å². The second-order valence-corrected chi connectivity index (χ2v) is 5.33. The summed E-state index contributed by atoms with van der Waals surface area (Å²) in [6.45, 7) is 0. The molecule has 3 rings (SSSR count). The molecule has 0 radical (unpaired) electrons. The van der Waals surface area contributed by atoms with Crippen LogP contribution in [0.4, 0.5) is 0 Å². The van der Waals surface area contributed by atoms with Crippen LogP contribution < -0.4 is 0 Å². The zero-order valence-corrected chi connectivity index (χ0v) is 12.7. The predicted molar refractivity (Wildman–Crippen MR) is 88.9 cm³/mol. The predicted octanol–water partition coefficient (Wildman–Crippen LogP) is 3.16. The monoisotopic (exact) mass is 339 g/mol. The second-order valence-electron chi connectivity index (χ2n) is 5.33. The number of carbonyl (C=O) groups is 2. The number of H-pyrrole nitrogens is 1. The summed E-state index contributed by atoms with van der Waals surface area (Å²) < 4.78 is 0. The maximum Gasteiger partial charge on any atom is 0.352 e. The molecule has 1 heterocycles. The number of benzene rings is 2. The van der Waals surface area contributed by atoms with Crippen LogP contribution in [0.25, 0.3) is 22.3 Å². The lowest BCUT2D eigenvalue weighted by Gasteiger charge is -2.08. The summed E-state index contributed by atoms with van der Waals surface area (Å²) >= 11 is 0. The zero-order chi connectivity index (χ0) is 18.1. The van der Waals surface area contributed by atoms with Gasteiger partial charge in [-0.15, -0.1) is 0 Å². The van der Waals surface area contributed by atoms with Gasteiger partial charge in [0, 0.05) is 11.1 Å². The summed E-state index contributed by atoms with van der Waals surface area (Å²) in [4.78, 5) is 25.7. The smallest absolute Gasteiger partial charge is 0.352 e. The molecule has 0 aliphatic carbocycles. The van der Waals surface area contributed by atoms with Crippen LogP contribution in [-0.2, 0) is 0 Å². The molecule has 0 fully saturated rings. The number of carboxylic acids is 2. The van der Waals surface area contributed by atoms with Gasteiger partial charge in [-0.1, -0.05) is 24.3 Å². The molecule has 25 heavy (non-hydrogen) atoms. The van der Waals surface area contributed by atoms with Gasteiger partial charge in [0.25, 0.3) is 0 Å². The number of phenolic OH excluding ortho intramolecular Hbond substituents is 2. The van der Waals surface area contributed by atoms with Crippen LogP contribution in [0.2, 0.25) is 0 Å². The quantitative estimate of drug-likeness (QED) is 0.496. The first-order valence-electron chi connectivity index (χ1n) is 7.20. The van der Waals surface area contributed by atoms with Gasteiger partial charge in [-0.3, -0.25) is 0 Å². The topological polar surface area (TPSA) is 131 Å². The lowest BCUT2D eigenvalue weighted by Crippen LogP contribution is -2.01. The fraction of sp³-hybridized carbons (Fsp3) is 0. The summed E-state index contributed by atoms with van der Waals surface area (Å²) in [5.41, 5.74) is 0.701. The van der Waals surface area contributed by atoms with Crippen LogP contribution >= 0.6 is 0 Å². The van der Waals surface area contributed by atoms with Gasteiger partial charge in [0.2, 0.25) is 0 Å². The standard InChI is InChI=1S/C18H13NO6/c20-11-5-1-9(2-6-11)13-14(10-3-7-12(21)8-4-10)16(18(24)25)19-15(13)17(22)23/h1-8,19-21H,(H,22,23)(H,24,25). The van der Waals surface area contributed by atoms with Crippen LogP contribution in [0.3, 0.4) is 0 Å². The number of aromatic hydroxyl groups is 2. The molecule has 0 aliphatic rings. The van der Waals surface area contributed by atoms with E-state index in [2.05, 4.69) is 4.98 Å². The Labute approximate surface area is 141 Å². The van der Waals surface area contributed by atoms with Crippen molar-refractivity contribution in [3.63, 3.8) is 0 Å². The van der Waals surface area contributed by atoms with E-state index in [4.69, 9.17) is 0 Å². The molecule has 0 saturated carbocycles. The van der Waals surface area contributed by atoms with E-state index in [1.807, 2.05) is 0 Å². The van der Waals surface area contributed by atoms with E-state index in [0.29, 0.717) is 11.1 Å². The summed E-state index contributed by atoms with van der Waals surface area (Å²) in [7, 11) is 0. The van der Waals surface area contributed by atoms with E-state index in [0.717, 1.165) is 0 Å². The van der Waals surface area contributed by atoms with Crippen molar-refractivity contribution in [2.24, 2.45) is 0 Å². The second kappa shape index (κ2) is 6.04. The van der Waals surface area contributed by atoms with Crippen molar-refractivity contribution < 1.29 is 30.0 Å². The van der Waals surface area contributed by atoms with Crippen LogP contribution in [0.15, 0.2) is 48.5 Å². The number of carboxylic acid groups (broad SMARTS) is 2. The summed E-state index contributed by atoms with van der Waals surface area (Å²) in [5.74, 6) is -2.62. The lowest BCUT2D eigenvalue weighted by atomic mass is 9.94. The van der Waals surface area contributed by atoms with Gasteiger partial charge in [-0.05, 0) is 35.4 Å². The van der Waals surface area contributed by atoms with E-state index in [9.17, 15) is 30.0 Å². The lowest BCUT2D eigenvalue weighted by molar-refractivity contribution is 0.0690. The number of aromatic amines is 1. The highest BCUT2D eigenvalue weighted by Crippen LogP contribution is 2.39. The van der Waals surface area contributed by atoms with Gasteiger partial charge >= 0.3 is 11.9 Å². The average molecular weight is 339 g/mol. The third-order valence-corrected chi connectivity index (χ3v) is 3.74. The normalized spacial score (nSPS) is 10.6. The van der Waals surface area contributed by atoms with Gasteiger partial charge in [0.1, 0.15) is 22.9 Å². The van der Waals surface area contributed by atoms with Crippen molar-refractivity contribution in [2.75, 3.05) is 0 Å². The Kier molecular flexibility index (Phi) is 3.90. The number of aromatic carboxylic acids is 2. The third kappa shape index (κ3) is 2.90. The van der Waals surface area contributed by atoms with E-state index in [-0.39, 0.29) is 34.0 Å². The van der Waals surface area contributed by atoms with Crippen molar-refractivity contribution in [3.05, 3.63) is 59.9 Å². The maximum absolute atomic E-state index is 11.6. The molecule has 0 spiro atoms. The Bertz CT molecular complexity index is 876. The molecule has 3 aromatic rings. The maximum atomic E-state index is 11.6. The molecule has 7 heteroatoms. The van der Waals surface area contributed by atoms with Crippen molar-refractivity contribution >= 4 is 11.9 Å². The highest BCUT2D eigenvalue weighted by molar-refractivity contribution is 6.07. The SMILES string of the molecule is O=C(O)c1[nH]c(C(=O)O)c(-c2ccc(O)cc2)c1-c1ccc(O)cc1. The van der Waals surface area contributed by atoms with Gasteiger partial charge in [-0.2, -0.15) is 0 Å². The molecular weight excluding hydrogens is 326 g/mol. The minimum absolute atomic E-state index is 0.000743. The number of aromatic nitrogens is 1. The zero-order valence-electron chi connectivity index (χ0n) is 12.7. The molecule has 0 bridgehead atoms. The molecular formula is C18H13NO6. The number of phenols is 2. The highest BCUT2D eigenvalue weighted by atomic mass is 16.4. The van der Waals surface area contributed by atoms with Crippen molar-refractivity contribution in [3.8, 4) is 33.8 Å². The Morgan fingerprint density at radius 3 is 1.24 bits per heavy atom. The molecule has 126 valence electrons. The van der Waals surface area contributed by atoms with E-state index >= 15 is 0 Å².